The Kier molecular flexibility index (Phi) is 6.34. The third-order valence-electron chi connectivity index (χ3n) is 4.70. The summed E-state index contributed by atoms with van der Waals surface area (Å²) in [5.41, 5.74) is 1.15. The summed E-state index contributed by atoms with van der Waals surface area (Å²) in [6, 6.07) is 10.2. The smallest absolute Gasteiger partial charge is 0.256 e. The van der Waals surface area contributed by atoms with Gasteiger partial charge in [-0.25, -0.2) is 4.39 Å². The maximum atomic E-state index is 14.1. The largest absolute Gasteiger partial charge is 0.497 e. The lowest BCUT2D eigenvalue weighted by molar-refractivity contribution is 0.0623. The first-order valence-corrected chi connectivity index (χ1v) is 9.48. The van der Waals surface area contributed by atoms with Gasteiger partial charge in [0.25, 0.3) is 5.91 Å². The second kappa shape index (κ2) is 8.71. The lowest BCUT2D eigenvalue weighted by Gasteiger charge is -2.35. The van der Waals surface area contributed by atoms with Gasteiger partial charge in [-0.1, -0.05) is 15.9 Å². The molecule has 1 saturated heterocycles. The van der Waals surface area contributed by atoms with E-state index in [1.807, 2.05) is 18.2 Å². The first-order chi connectivity index (χ1) is 13.0. The number of ether oxygens (including phenoxy) is 2. The number of carbonyl (C=O) groups is 1. The van der Waals surface area contributed by atoms with Crippen molar-refractivity contribution < 1.29 is 18.7 Å². The highest BCUT2D eigenvalue weighted by Gasteiger charge is 2.24. The van der Waals surface area contributed by atoms with Gasteiger partial charge >= 0.3 is 0 Å². The van der Waals surface area contributed by atoms with Gasteiger partial charge in [0.15, 0.2) is 0 Å². The second-order valence-electron chi connectivity index (χ2n) is 6.37. The van der Waals surface area contributed by atoms with Gasteiger partial charge in [0.1, 0.15) is 17.3 Å². The van der Waals surface area contributed by atoms with Crippen LogP contribution in [-0.4, -0.2) is 56.1 Å². The molecule has 5 nitrogen and oxygen atoms in total. The predicted octanol–water partition coefficient (Wildman–Crippen LogP) is 3.56. The molecule has 2 aromatic carbocycles. The van der Waals surface area contributed by atoms with E-state index < -0.39 is 5.82 Å². The summed E-state index contributed by atoms with van der Waals surface area (Å²) < 4.78 is 25.4. The number of carbonyl (C=O) groups excluding carboxylic acids is 1. The van der Waals surface area contributed by atoms with Crippen molar-refractivity contribution in [3.63, 3.8) is 0 Å². The Morgan fingerprint density at radius 2 is 1.81 bits per heavy atom. The summed E-state index contributed by atoms with van der Waals surface area (Å²) in [7, 11) is 3.28. The van der Waals surface area contributed by atoms with Crippen LogP contribution in [-0.2, 0) is 6.54 Å². The summed E-state index contributed by atoms with van der Waals surface area (Å²) in [6.45, 7) is 3.24. The molecule has 0 radical (unpaired) electrons. The summed E-state index contributed by atoms with van der Waals surface area (Å²) in [4.78, 5) is 16.5. The average molecular weight is 437 g/mol. The zero-order valence-electron chi connectivity index (χ0n) is 15.4. The van der Waals surface area contributed by atoms with E-state index in [0.717, 1.165) is 17.1 Å². The molecular weight excluding hydrogens is 415 g/mol. The number of nitrogens with zero attached hydrogens (tertiary/aromatic N) is 2. The van der Waals surface area contributed by atoms with E-state index in [2.05, 4.69) is 20.8 Å². The Morgan fingerprint density at radius 1 is 1.07 bits per heavy atom. The lowest BCUT2D eigenvalue weighted by atomic mass is 10.1. The molecule has 0 saturated carbocycles. The number of halogens is 2. The molecule has 0 aromatic heterocycles. The molecule has 0 aliphatic carbocycles. The van der Waals surface area contributed by atoms with Gasteiger partial charge in [0.05, 0.1) is 19.8 Å². The van der Waals surface area contributed by atoms with Crippen LogP contribution in [0.1, 0.15) is 15.9 Å². The van der Waals surface area contributed by atoms with E-state index in [0.29, 0.717) is 37.2 Å². The zero-order chi connectivity index (χ0) is 19.4. The average Bonchev–Trinajstić information content (AvgIpc) is 2.68. The van der Waals surface area contributed by atoms with E-state index in [9.17, 15) is 9.18 Å². The van der Waals surface area contributed by atoms with Crippen molar-refractivity contribution in [3.8, 4) is 11.5 Å². The lowest BCUT2D eigenvalue weighted by Crippen LogP contribution is -2.48. The molecule has 0 spiro atoms. The van der Waals surface area contributed by atoms with E-state index in [1.165, 1.54) is 12.1 Å². The fraction of sp³-hybridized carbons (Fsp3) is 0.350. The van der Waals surface area contributed by atoms with Gasteiger partial charge in [-0.2, -0.15) is 0 Å². The maximum absolute atomic E-state index is 14.1. The molecule has 1 fully saturated rings. The summed E-state index contributed by atoms with van der Waals surface area (Å²) in [6.07, 6.45) is 0. The highest BCUT2D eigenvalue weighted by atomic mass is 79.9. The number of rotatable bonds is 5. The normalized spacial score (nSPS) is 14.9. The zero-order valence-corrected chi connectivity index (χ0v) is 17.0. The summed E-state index contributed by atoms with van der Waals surface area (Å²) >= 11 is 3.21. The molecule has 1 heterocycles. The minimum atomic E-state index is -0.502. The number of hydrogen-bond acceptors (Lipinski definition) is 4. The van der Waals surface area contributed by atoms with E-state index in [-0.39, 0.29) is 11.5 Å². The highest BCUT2D eigenvalue weighted by Crippen LogP contribution is 2.26. The van der Waals surface area contributed by atoms with Gasteiger partial charge in [-0.15, -0.1) is 0 Å². The van der Waals surface area contributed by atoms with Crippen molar-refractivity contribution >= 4 is 21.8 Å². The molecule has 0 unspecified atom stereocenters. The number of amides is 1. The van der Waals surface area contributed by atoms with Gasteiger partial charge in [0.2, 0.25) is 0 Å². The van der Waals surface area contributed by atoms with Crippen LogP contribution in [0.15, 0.2) is 40.9 Å². The van der Waals surface area contributed by atoms with E-state index in [1.54, 1.807) is 25.2 Å². The third kappa shape index (κ3) is 4.59. The minimum Gasteiger partial charge on any atom is -0.497 e. The topological polar surface area (TPSA) is 42.0 Å². The molecule has 27 heavy (non-hydrogen) atoms. The van der Waals surface area contributed by atoms with Gasteiger partial charge in [-0.3, -0.25) is 9.69 Å². The van der Waals surface area contributed by atoms with Gasteiger partial charge < -0.3 is 14.4 Å². The Labute approximate surface area is 166 Å². The van der Waals surface area contributed by atoms with Crippen molar-refractivity contribution in [3.05, 3.63) is 57.8 Å². The van der Waals surface area contributed by atoms with Crippen LogP contribution in [0.4, 0.5) is 4.39 Å². The molecule has 2 aromatic rings. The summed E-state index contributed by atoms with van der Waals surface area (Å²) in [5, 5.41) is 0. The van der Waals surface area contributed by atoms with Gasteiger partial charge in [-0.05, 0) is 36.4 Å². The molecule has 0 bridgehead atoms. The van der Waals surface area contributed by atoms with Crippen LogP contribution in [0, 0.1) is 5.82 Å². The van der Waals surface area contributed by atoms with Crippen molar-refractivity contribution in [1.29, 1.82) is 0 Å². The predicted molar refractivity (Wildman–Crippen MR) is 105 cm³/mol. The Bertz CT molecular complexity index is 823. The van der Waals surface area contributed by atoms with Crippen LogP contribution < -0.4 is 9.47 Å². The minimum absolute atomic E-state index is 0.112. The molecule has 0 N–H and O–H groups in total. The molecule has 3 rings (SSSR count). The van der Waals surface area contributed by atoms with Crippen molar-refractivity contribution in [2.45, 2.75) is 6.54 Å². The molecule has 1 amide bonds. The van der Waals surface area contributed by atoms with Crippen molar-refractivity contribution in [1.82, 2.24) is 9.80 Å². The third-order valence-corrected chi connectivity index (χ3v) is 5.20. The fourth-order valence-electron chi connectivity index (χ4n) is 3.19. The molecule has 1 aliphatic heterocycles. The quantitative estimate of drug-likeness (QED) is 0.718. The SMILES string of the molecule is COc1ccc(OC)c(CN2CCN(C(=O)c3ccc(Br)cc3F)CC2)c1. The Balaban J connectivity index is 1.63. The molecule has 0 atom stereocenters. The Hall–Kier alpha value is -2.12. The number of piperazine rings is 1. The van der Waals surface area contributed by atoms with E-state index in [4.69, 9.17) is 9.47 Å². The maximum Gasteiger partial charge on any atom is 0.256 e. The number of benzene rings is 2. The van der Waals surface area contributed by atoms with Crippen LogP contribution in [0.25, 0.3) is 0 Å². The molecule has 1 aliphatic rings. The number of hydrogen-bond donors (Lipinski definition) is 0. The summed E-state index contributed by atoms with van der Waals surface area (Å²) in [5.74, 6) is 0.827. The van der Waals surface area contributed by atoms with Gasteiger partial charge in [0, 0.05) is 42.8 Å². The second-order valence-corrected chi connectivity index (χ2v) is 7.29. The van der Waals surface area contributed by atoms with Crippen LogP contribution >= 0.6 is 15.9 Å². The standard InChI is InChI=1S/C20H22BrFN2O3/c1-26-16-4-6-19(27-2)14(11-16)13-23-7-9-24(10-8-23)20(25)17-5-3-15(21)12-18(17)22/h3-6,11-12H,7-10,13H2,1-2H3. The first kappa shape index (κ1) is 19.6. The van der Waals surface area contributed by atoms with Crippen LogP contribution in [0.5, 0.6) is 11.5 Å². The highest BCUT2D eigenvalue weighted by molar-refractivity contribution is 9.10. The van der Waals surface area contributed by atoms with Crippen LogP contribution in [0.2, 0.25) is 0 Å². The fourth-order valence-corrected chi connectivity index (χ4v) is 3.52. The first-order valence-electron chi connectivity index (χ1n) is 8.69. The van der Waals surface area contributed by atoms with Crippen molar-refractivity contribution in [2.75, 3.05) is 40.4 Å². The van der Waals surface area contributed by atoms with E-state index >= 15 is 0 Å². The molecular formula is C20H22BrFN2O3. The van der Waals surface area contributed by atoms with Crippen LogP contribution in [0.3, 0.4) is 0 Å². The molecule has 7 heteroatoms. The molecule has 144 valence electrons. The Morgan fingerprint density at radius 3 is 2.44 bits per heavy atom. The monoisotopic (exact) mass is 436 g/mol. The number of methoxy groups -OCH3 is 2. The van der Waals surface area contributed by atoms with Crippen molar-refractivity contribution in [2.24, 2.45) is 0 Å².